The highest BCUT2D eigenvalue weighted by molar-refractivity contribution is 5.56. The number of nitrogen functional groups attached to an aromatic ring is 1. The first-order chi connectivity index (χ1) is 7.97. The van der Waals surface area contributed by atoms with Crippen LogP contribution in [-0.4, -0.2) is 0 Å². The third-order valence-corrected chi connectivity index (χ3v) is 2.65. The van der Waals surface area contributed by atoms with Crippen LogP contribution in [0.2, 0.25) is 0 Å². The van der Waals surface area contributed by atoms with Gasteiger partial charge in [-0.25, -0.2) is 0 Å². The third kappa shape index (κ3) is 5.58. The predicted molar refractivity (Wildman–Crippen MR) is 77.7 cm³/mol. The lowest BCUT2D eigenvalue weighted by atomic mass is 9.93. The Hall–Kier alpha value is -1.24. The lowest BCUT2D eigenvalue weighted by molar-refractivity contribution is 0.574. The van der Waals surface area contributed by atoms with E-state index in [4.69, 9.17) is 5.73 Å². The van der Waals surface area contributed by atoms with Crippen LogP contribution in [0.4, 0.5) is 5.69 Å². The van der Waals surface area contributed by atoms with E-state index < -0.39 is 0 Å². The average Bonchev–Trinajstić information content (AvgIpc) is 2.19. The van der Waals surface area contributed by atoms with Crippen molar-refractivity contribution in [1.29, 1.82) is 0 Å². The summed E-state index contributed by atoms with van der Waals surface area (Å²) in [7, 11) is 0. The zero-order valence-corrected chi connectivity index (χ0v) is 11.5. The number of hydrogen-bond donors (Lipinski definition) is 1. The van der Waals surface area contributed by atoms with E-state index in [1.165, 1.54) is 18.4 Å². The second-order valence-corrected chi connectivity index (χ2v) is 5.67. The van der Waals surface area contributed by atoms with E-state index in [1.807, 2.05) is 12.1 Å². The molecule has 94 valence electrons. The Balaban J connectivity index is 2.83. The van der Waals surface area contributed by atoms with Gasteiger partial charge < -0.3 is 5.73 Å². The van der Waals surface area contributed by atoms with Crippen molar-refractivity contribution in [1.82, 2.24) is 0 Å². The van der Waals surface area contributed by atoms with Gasteiger partial charge in [-0.2, -0.15) is 0 Å². The molecule has 0 spiro atoms. The molecule has 1 heteroatoms. The molecule has 0 heterocycles. The minimum absolute atomic E-state index is 0.716. The summed E-state index contributed by atoms with van der Waals surface area (Å²) < 4.78 is 0. The molecule has 0 aliphatic carbocycles. The first kappa shape index (κ1) is 13.8. The highest BCUT2D eigenvalue weighted by Crippen LogP contribution is 2.22. The van der Waals surface area contributed by atoms with E-state index >= 15 is 0 Å². The molecule has 0 amide bonds. The summed E-state index contributed by atoms with van der Waals surface area (Å²) in [5.41, 5.74) is 9.33. The summed E-state index contributed by atoms with van der Waals surface area (Å²) in [5, 5.41) is 0. The van der Waals surface area contributed by atoms with Gasteiger partial charge in [0.15, 0.2) is 0 Å². The van der Waals surface area contributed by atoms with E-state index in [9.17, 15) is 0 Å². The normalized spacial score (nSPS) is 10.9. The van der Waals surface area contributed by atoms with Gasteiger partial charge in [0.05, 0.1) is 0 Å². The zero-order valence-electron chi connectivity index (χ0n) is 11.5. The van der Waals surface area contributed by atoms with E-state index in [1.54, 1.807) is 5.57 Å². The standard InChI is InChI=1S/C16H25N/c1-12(2)9-15(10-13(3)4)11-14-5-7-16(17)8-6-14/h5-8,11-13H,9-10,17H2,1-4H3. The number of hydrogen-bond acceptors (Lipinski definition) is 1. The predicted octanol–water partition coefficient (Wildman–Crippen LogP) is 4.74. The van der Waals surface area contributed by atoms with Crippen LogP contribution in [0.5, 0.6) is 0 Å². The van der Waals surface area contributed by atoms with Crippen molar-refractivity contribution in [2.24, 2.45) is 11.8 Å². The second kappa shape index (κ2) is 6.48. The monoisotopic (exact) mass is 231 g/mol. The lowest BCUT2D eigenvalue weighted by Crippen LogP contribution is -1.97. The van der Waals surface area contributed by atoms with Crippen LogP contribution < -0.4 is 5.73 Å². The molecule has 1 aromatic carbocycles. The van der Waals surface area contributed by atoms with Crippen LogP contribution in [0.3, 0.4) is 0 Å². The van der Waals surface area contributed by atoms with Crippen molar-refractivity contribution in [3.05, 3.63) is 35.4 Å². The molecule has 1 nitrogen and oxygen atoms in total. The second-order valence-electron chi connectivity index (χ2n) is 5.67. The molecule has 1 rings (SSSR count). The Kier molecular flexibility index (Phi) is 5.27. The molecule has 1 aromatic rings. The lowest BCUT2D eigenvalue weighted by Gasteiger charge is -2.13. The fourth-order valence-corrected chi connectivity index (χ4v) is 2.08. The molecule has 2 N–H and O–H groups in total. The fraction of sp³-hybridized carbons (Fsp3) is 0.500. The molecule has 0 aliphatic rings. The van der Waals surface area contributed by atoms with E-state index in [2.05, 4.69) is 45.9 Å². The number of benzene rings is 1. The van der Waals surface area contributed by atoms with Crippen molar-refractivity contribution in [2.75, 3.05) is 5.73 Å². The van der Waals surface area contributed by atoms with Gasteiger partial charge >= 0.3 is 0 Å². The maximum atomic E-state index is 5.70. The molecule has 0 radical (unpaired) electrons. The van der Waals surface area contributed by atoms with Crippen LogP contribution in [0.15, 0.2) is 29.8 Å². The molecule has 0 fully saturated rings. The van der Waals surface area contributed by atoms with Gasteiger partial charge in [-0.05, 0) is 42.4 Å². The van der Waals surface area contributed by atoms with Crippen molar-refractivity contribution >= 4 is 11.8 Å². The maximum Gasteiger partial charge on any atom is 0.0314 e. The smallest absolute Gasteiger partial charge is 0.0314 e. The SMILES string of the molecule is CC(C)CC(=Cc1ccc(N)cc1)CC(C)C. The minimum Gasteiger partial charge on any atom is -0.399 e. The molecule has 0 bridgehead atoms. The van der Waals surface area contributed by atoms with Crippen LogP contribution in [0.1, 0.15) is 46.1 Å². The molecule has 0 unspecified atom stereocenters. The van der Waals surface area contributed by atoms with Crippen LogP contribution in [-0.2, 0) is 0 Å². The number of allylic oxidation sites excluding steroid dienone is 1. The summed E-state index contributed by atoms with van der Waals surface area (Å²) in [6.07, 6.45) is 4.69. The first-order valence-electron chi connectivity index (χ1n) is 6.52. The van der Waals surface area contributed by atoms with Crippen LogP contribution in [0, 0.1) is 11.8 Å². The Morgan fingerprint density at radius 3 is 1.88 bits per heavy atom. The quantitative estimate of drug-likeness (QED) is 0.727. The van der Waals surface area contributed by atoms with E-state index in [0.717, 1.165) is 5.69 Å². The number of anilines is 1. The zero-order chi connectivity index (χ0) is 12.8. The summed E-state index contributed by atoms with van der Waals surface area (Å²) in [6.45, 7) is 9.10. The summed E-state index contributed by atoms with van der Waals surface area (Å²) >= 11 is 0. The van der Waals surface area contributed by atoms with E-state index in [0.29, 0.717) is 11.8 Å². The molecule has 0 atom stereocenters. The highest BCUT2D eigenvalue weighted by Gasteiger charge is 2.04. The van der Waals surface area contributed by atoms with Crippen molar-refractivity contribution in [2.45, 2.75) is 40.5 Å². The van der Waals surface area contributed by atoms with Crippen molar-refractivity contribution in [3.8, 4) is 0 Å². The van der Waals surface area contributed by atoms with Gasteiger partial charge in [0.2, 0.25) is 0 Å². The topological polar surface area (TPSA) is 26.0 Å². The van der Waals surface area contributed by atoms with Gasteiger partial charge in [-0.1, -0.05) is 51.5 Å². The molecule has 0 aromatic heterocycles. The minimum atomic E-state index is 0.716. The summed E-state index contributed by atoms with van der Waals surface area (Å²) in [5.74, 6) is 1.43. The van der Waals surface area contributed by atoms with Gasteiger partial charge in [0, 0.05) is 5.69 Å². The third-order valence-electron chi connectivity index (χ3n) is 2.65. The molecule has 0 saturated heterocycles. The van der Waals surface area contributed by atoms with Gasteiger partial charge in [-0.3, -0.25) is 0 Å². The number of rotatable bonds is 5. The average molecular weight is 231 g/mol. The van der Waals surface area contributed by atoms with Crippen LogP contribution >= 0.6 is 0 Å². The molecule has 0 aliphatic heterocycles. The largest absolute Gasteiger partial charge is 0.399 e. The maximum absolute atomic E-state index is 5.70. The van der Waals surface area contributed by atoms with Gasteiger partial charge in [0.1, 0.15) is 0 Å². The van der Waals surface area contributed by atoms with E-state index in [-0.39, 0.29) is 0 Å². The Morgan fingerprint density at radius 1 is 1.00 bits per heavy atom. The molecule has 0 saturated carbocycles. The Bertz CT molecular complexity index is 346. The fourth-order valence-electron chi connectivity index (χ4n) is 2.08. The van der Waals surface area contributed by atoms with Gasteiger partial charge in [-0.15, -0.1) is 0 Å². The molecular weight excluding hydrogens is 206 g/mol. The Morgan fingerprint density at radius 2 is 1.47 bits per heavy atom. The molecular formula is C16H25N. The Labute approximate surface area is 106 Å². The van der Waals surface area contributed by atoms with Gasteiger partial charge in [0.25, 0.3) is 0 Å². The first-order valence-corrected chi connectivity index (χ1v) is 6.52. The highest BCUT2D eigenvalue weighted by atomic mass is 14.5. The summed E-state index contributed by atoms with van der Waals surface area (Å²) in [6, 6.07) is 8.12. The van der Waals surface area contributed by atoms with Crippen molar-refractivity contribution < 1.29 is 0 Å². The van der Waals surface area contributed by atoms with Crippen molar-refractivity contribution in [3.63, 3.8) is 0 Å². The molecule has 17 heavy (non-hydrogen) atoms. The number of nitrogens with two attached hydrogens (primary N) is 1. The summed E-state index contributed by atoms with van der Waals surface area (Å²) in [4.78, 5) is 0. The van der Waals surface area contributed by atoms with Crippen LogP contribution in [0.25, 0.3) is 6.08 Å².